The van der Waals surface area contributed by atoms with E-state index in [0.717, 1.165) is 0 Å². The van der Waals surface area contributed by atoms with Gasteiger partial charge in [0.25, 0.3) is 5.91 Å². The number of carbonyl (C=O) groups excluding carboxylic acids is 1. The lowest BCUT2D eigenvalue weighted by Crippen LogP contribution is -2.50. The molecule has 3 N–H and O–H groups in total. The van der Waals surface area contributed by atoms with Crippen molar-refractivity contribution in [1.82, 2.24) is 4.90 Å². The van der Waals surface area contributed by atoms with Crippen LogP contribution >= 0.6 is 35.0 Å². The highest BCUT2D eigenvalue weighted by Crippen LogP contribution is 2.30. The number of halogens is 2. The highest BCUT2D eigenvalue weighted by atomic mass is 35.5. The number of carbonyl (C=O) groups is 2. The minimum Gasteiger partial charge on any atom is -0.480 e. The number of aliphatic carboxylic acids is 1. The molecule has 0 aliphatic carbocycles. The fourth-order valence-corrected chi connectivity index (χ4v) is 3.45. The number of carboxylic acid groups (broad SMARTS) is 1. The van der Waals surface area contributed by atoms with Crippen molar-refractivity contribution in [2.75, 3.05) is 23.8 Å². The van der Waals surface area contributed by atoms with E-state index in [0.29, 0.717) is 18.1 Å². The third kappa shape index (κ3) is 2.97. The van der Waals surface area contributed by atoms with E-state index >= 15 is 0 Å². The summed E-state index contributed by atoms with van der Waals surface area (Å²) in [5, 5.41) is 9.54. The molecule has 0 spiro atoms. The van der Waals surface area contributed by atoms with Gasteiger partial charge in [0.1, 0.15) is 6.04 Å². The second-order valence-electron chi connectivity index (χ2n) is 4.28. The Labute approximate surface area is 130 Å². The predicted octanol–water partition coefficient (Wildman–Crippen LogP) is 2.22. The maximum atomic E-state index is 12.4. The molecule has 1 aromatic rings. The van der Waals surface area contributed by atoms with E-state index in [2.05, 4.69) is 0 Å². The van der Waals surface area contributed by atoms with Crippen LogP contribution in [-0.2, 0) is 4.79 Å². The molecular weight excluding hydrogens is 323 g/mol. The van der Waals surface area contributed by atoms with Crippen molar-refractivity contribution in [2.24, 2.45) is 0 Å². The van der Waals surface area contributed by atoms with Crippen LogP contribution in [0.1, 0.15) is 10.4 Å². The maximum Gasteiger partial charge on any atom is 0.327 e. The van der Waals surface area contributed by atoms with E-state index in [-0.39, 0.29) is 21.3 Å². The number of benzene rings is 1. The van der Waals surface area contributed by atoms with E-state index in [1.165, 1.54) is 28.8 Å². The van der Waals surface area contributed by atoms with Crippen LogP contribution in [-0.4, -0.2) is 46.0 Å². The van der Waals surface area contributed by atoms with Crippen LogP contribution in [0.15, 0.2) is 12.1 Å². The van der Waals surface area contributed by atoms with E-state index < -0.39 is 17.9 Å². The monoisotopic (exact) mass is 334 g/mol. The summed E-state index contributed by atoms with van der Waals surface area (Å²) in [7, 11) is 0. The van der Waals surface area contributed by atoms with Crippen molar-refractivity contribution in [3.8, 4) is 0 Å². The van der Waals surface area contributed by atoms with Crippen LogP contribution in [0, 0.1) is 0 Å². The average molecular weight is 335 g/mol. The number of nitrogens with two attached hydrogens (primary N) is 1. The standard InChI is InChI=1S/C12H12Cl2N2O3S/c13-7-3-6(4-8(14)10(7)15)11(17)16-1-2-20-5-9(16)12(18)19/h3-4,9H,1-2,5,15H2,(H,18,19). The Balaban J connectivity index is 2.32. The van der Waals surface area contributed by atoms with Crippen LogP contribution in [0.25, 0.3) is 0 Å². The first-order valence-corrected chi connectivity index (χ1v) is 7.69. The summed E-state index contributed by atoms with van der Waals surface area (Å²) in [6, 6.07) is 1.98. The van der Waals surface area contributed by atoms with Crippen LogP contribution in [0.2, 0.25) is 10.0 Å². The smallest absolute Gasteiger partial charge is 0.327 e. The van der Waals surface area contributed by atoms with Gasteiger partial charge in [-0.3, -0.25) is 4.79 Å². The molecular formula is C12H12Cl2N2O3S. The summed E-state index contributed by atoms with van der Waals surface area (Å²) in [6.45, 7) is 0.375. The summed E-state index contributed by atoms with van der Waals surface area (Å²) in [5.74, 6) is -0.344. The summed E-state index contributed by atoms with van der Waals surface area (Å²) in [4.78, 5) is 25.0. The second-order valence-corrected chi connectivity index (χ2v) is 6.25. The fourth-order valence-electron chi connectivity index (χ4n) is 1.92. The molecule has 8 heteroatoms. The minimum atomic E-state index is -1.02. The molecule has 0 radical (unpaired) electrons. The molecule has 0 bridgehead atoms. The highest BCUT2D eigenvalue weighted by molar-refractivity contribution is 7.99. The van der Waals surface area contributed by atoms with E-state index in [4.69, 9.17) is 28.9 Å². The molecule has 1 unspecified atom stereocenters. The lowest BCUT2D eigenvalue weighted by molar-refractivity contribution is -0.141. The average Bonchev–Trinajstić information content (AvgIpc) is 2.43. The Morgan fingerprint density at radius 2 is 1.95 bits per heavy atom. The summed E-state index contributed by atoms with van der Waals surface area (Å²) in [6.07, 6.45) is 0. The lowest BCUT2D eigenvalue weighted by Gasteiger charge is -2.32. The third-order valence-corrected chi connectivity index (χ3v) is 4.65. The van der Waals surface area contributed by atoms with Gasteiger partial charge < -0.3 is 15.7 Å². The molecule has 108 valence electrons. The molecule has 0 saturated carbocycles. The molecule has 20 heavy (non-hydrogen) atoms. The Bertz CT molecular complexity index is 545. The van der Waals surface area contributed by atoms with Crippen molar-refractivity contribution < 1.29 is 14.7 Å². The normalized spacial score (nSPS) is 18.9. The van der Waals surface area contributed by atoms with Crippen molar-refractivity contribution in [3.05, 3.63) is 27.7 Å². The van der Waals surface area contributed by atoms with Crippen molar-refractivity contribution in [2.45, 2.75) is 6.04 Å². The van der Waals surface area contributed by atoms with Crippen LogP contribution in [0.5, 0.6) is 0 Å². The van der Waals surface area contributed by atoms with Gasteiger partial charge in [-0.2, -0.15) is 11.8 Å². The van der Waals surface area contributed by atoms with Gasteiger partial charge in [-0.25, -0.2) is 4.79 Å². The first kappa shape index (κ1) is 15.3. The van der Waals surface area contributed by atoms with Crippen LogP contribution < -0.4 is 5.73 Å². The topological polar surface area (TPSA) is 83.6 Å². The minimum absolute atomic E-state index is 0.180. The Kier molecular flexibility index (Phi) is 4.67. The number of hydrogen-bond donors (Lipinski definition) is 2. The van der Waals surface area contributed by atoms with Gasteiger partial charge in [-0.1, -0.05) is 23.2 Å². The molecule has 1 aliphatic heterocycles. The zero-order valence-electron chi connectivity index (χ0n) is 10.3. The molecule has 1 heterocycles. The van der Waals surface area contributed by atoms with Crippen LogP contribution in [0.4, 0.5) is 5.69 Å². The predicted molar refractivity (Wildman–Crippen MR) is 80.7 cm³/mol. The van der Waals surface area contributed by atoms with Crippen molar-refractivity contribution >= 4 is 52.5 Å². The zero-order valence-corrected chi connectivity index (χ0v) is 12.6. The van der Waals surface area contributed by atoms with Gasteiger partial charge in [0, 0.05) is 23.6 Å². The number of amides is 1. The molecule has 2 rings (SSSR count). The van der Waals surface area contributed by atoms with E-state index in [9.17, 15) is 14.7 Å². The van der Waals surface area contributed by atoms with Crippen molar-refractivity contribution in [1.29, 1.82) is 0 Å². The molecule has 5 nitrogen and oxygen atoms in total. The molecule has 1 saturated heterocycles. The van der Waals surface area contributed by atoms with Gasteiger partial charge in [-0.05, 0) is 12.1 Å². The highest BCUT2D eigenvalue weighted by Gasteiger charge is 2.33. The van der Waals surface area contributed by atoms with Gasteiger partial charge >= 0.3 is 5.97 Å². The van der Waals surface area contributed by atoms with Gasteiger partial charge in [0.2, 0.25) is 0 Å². The number of hydrogen-bond acceptors (Lipinski definition) is 4. The second kappa shape index (κ2) is 6.11. The number of rotatable bonds is 2. The van der Waals surface area contributed by atoms with Gasteiger partial charge in [0.05, 0.1) is 15.7 Å². The van der Waals surface area contributed by atoms with Crippen LogP contribution in [0.3, 0.4) is 0 Å². The zero-order chi connectivity index (χ0) is 14.9. The molecule has 0 aromatic heterocycles. The summed E-state index contributed by atoms with van der Waals surface area (Å²) < 4.78 is 0. The lowest BCUT2D eigenvalue weighted by atomic mass is 10.1. The number of nitrogens with zero attached hydrogens (tertiary/aromatic N) is 1. The van der Waals surface area contributed by atoms with Gasteiger partial charge in [-0.15, -0.1) is 0 Å². The fraction of sp³-hybridized carbons (Fsp3) is 0.333. The summed E-state index contributed by atoms with van der Waals surface area (Å²) in [5.41, 5.74) is 6.06. The molecule has 1 aliphatic rings. The quantitative estimate of drug-likeness (QED) is 0.810. The summed E-state index contributed by atoms with van der Waals surface area (Å²) >= 11 is 13.3. The Hall–Kier alpha value is -1.11. The van der Waals surface area contributed by atoms with E-state index in [1.54, 1.807) is 0 Å². The van der Waals surface area contributed by atoms with Crippen molar-refractivity contribution in [3.63, 3.8) is 0 Å². The molecule has 1 fully saturated rings. The SMILES string of the molecule is Nc1c(Cl)cc(C(=O)N2CCSCC2C(=O)O)cc1Cl. The van der Waals surface area contributed by atoms with E-state index in [1.807, 2.05) is 0 Å². The molecule has 1 atom stereocenters. The first-order chi connectivity index (χ1) is 9.41. The third-order valence-electron chi connectivity index (χ3n) is 3.00. The number of thioether (sulfide) groups is 1. The Morgan fingerprint density at radius 1 is 1.35 bits per heavy atom. The number of nitrogen functional groups attached to an aromatic ring is 1. The number of carboxylic acids is 1. The maximum absolute atomic E-state index is 12.4. The molecule has 1 aromatic carbocycles. The first-order valence-electron chi connectivity index (χ1n) is 5.78. The Morgan fingerprint density at radius 3 is 2.50 bits per heavy atom. The number of anilines is 1. The van der Waals surface area contributed by atoms with Gasteiger partial charge in [0.15, 0.2) is 0 Å². The largest absolute Gasteiger partial charge is 0.480 e. The molecule has 1 amide bonds.